The number of halogens is 1. The van der Waals surface area contributed by atoms with Crippen LogP contribution in [0.15, 0.2) is 48.5 Å². The number of benzene rings is 2. The normalized spacial score (nSPS) is 11.9. The van der Waals surface area contributed by atoms with Crippen LogP contribution in [0.25, 0.3) is 0 Å². The zero-order valence-electron chi connectivity index (χ0n) is 11.0. The van der Waals surface area contributed by atoms with E-state index in [9.17, 15) is 14.5 Å². The SMILES string of the molecule is CCC(Nc1ccc([N+](=O)[O-])cc1)c1cccc(F)c1. The van der Waals surface area contributed by atoms with Crippen LogP contribution in [0.4, 0.5) is 15.8 Å². The number of nitro benzene ring substituents is 1. The summed E-state index contributed by atoms with van der Waals surface area (Å²) in [6.45, 7) is 1.99. The third-order valence-electron chi connectivity index (χ3n) is 3.08. The van der Waals surface area contributed by atoms with Crippen molar-refractivity contribution in [2.75, 3.05) is 5.32 Å². The van der Waals surface area contributed by atoms with E-state index in [1.165, 1.54) is 24.3 Å². The highest BCUT2D eigenvalue weighted by Gasteiger charge is 2.11. The fourth-order valence-corrected chi connectivity index (χ4v) is 2.02. The largest absolute Gasteiger partial charge is 0.378 e. The van der Waals surface area contributed by atoms with Gasteiger partial charge in [0.2, 0.25) is 0 Å². The van der Waals surface area contributed by atoms with Gasteiger partial charge in [0.15, 0.2) is 0 Å². The number of rotatable bonds is 5. The molecular weight excluding hydrogens is 259 g/mol. The second-order valence-electron chi connectivity index (χ2n) is 4.46. The molecule has 0 saturated heterocycles. The Bertz CT molecular complexity index is 599. The first kappa shape index (κ1) is 14.0. The summed E-state index contributed by atoms with van der Waals surface area (Å²) in [5, 5.41) is 13.8. The van der Waals surface area contributed by atoms with Gasteiger partial charge in [-0.15, -0.1) is 0 Å². The minimum atomic E-state index is -0.437. The van der Waals surface area contributed by atoms with Crippen LogP contribution in [0.2, 0.25) is 0 Å². The van der Waals surface area contributed by atoms with E-state index in [1.807, 2.05) is 13.0 Å². The minimum Gasteiger partial charge on any atom is -0.378 e. The van der Waals surface area contributed by atoms with Gasteiger partial charge in [-0.25, -0.2) is 4.39 Å². The third-order valence-corrected chi connectivity index (χ3v) is 3.08. The molecule has 0 aromatic heterocycles. The van der Waals surface area contributed by atoms with Crippen molar-refractivity contribution < 1.29 is 9.31 Å². The van der Waals surface area contributed by atoms with Gasteiger partial charge in [0.1, 0.15) is 5.82 Å². The monoisotopic (exact) mass is 274 g/mol. The Balaban J connectivity index is 2.16. The number of anilines is 1. The average Bonchev–Trinajstić information content (AvgIpc) is 2.45. The molecule has 0 aliphatic heterocycles. The second-order valence-corrected chi connectivity index (χ2v) is 4.46. The Morgan fingerprint density at radius 1 is 1.25 bits per heavy atom. The van der Waals surface area contributed by atoms with E-state index in [4.69, 9.17) is 0 Å². The van der Waals surface area contributed by atoms with Crippen LogP contribution in [-0.4, -0.2) is 4.92 Å². The lowest BCUT2D eigenvalue weighted by Crippen LogP contribution is -2.09. The average molecular weight is 274 g/mol. The number of nitrogens with one attached hydrogen (secondary N) is 1. The van der Waals surface area contributed by atoms with Crippen molar-refractivity contribution in [3.8, 4) is 0 Å². The lowest BCUT2D eigenvalue weighted by Gasteiger charge is -2.18. The molecule has 0 saturated carbocycles. The van der Waals surface area contributed by atoms with Gasteiger partial charge < -0.3 is 5.32 Å². The second kappa shape index (κ2) is 6.14. The fourth-order valence-electron chi connectivity index (χ4n) is 2.02. The molecule has 20 heavy (non-hydrogen) atoms. The molecule has 2 aromatic carbocycles. The van der Waals surface area contributed by atoms with Crippen LogP contribution < -0.4 is 5.32 Å². The number of non-ortho nitro benzene ring substituents is 1. The number of hydrogen-bond donors (Lipinski definition) is 1. The molecular formula is C15H15FN2O2. The molecule has 5 heteroatoms. The van der Waals surface area contributed by atoms with Crippen molar-refractivity contribution in [1.29, 1.82) is 0 Å². The molecule has 2 rings (SSSR count). The summed E-state index contributed by atoms with van der Waals surface area (Å²) in [7, 11) is 0. The van der Waals surface area contributed by atoms with Crippen LogP contribution in [0.3, 0.4) is 0 Å². The minimum absolute atomic E-state index is 0.0350. The van der Waals surface area contributed by atoms with Crippen LogP contribution in [0.1, 0.15) is 24.9 Å². The Morgan fingerprint density at radius 2 is 1.95 bits per heavy atom. The molecule has 0 radical (unpaired) electrons. The summed E-state index contributed by atoms with van der Waals surface area (Å²) < 4.78 is 13.2. The third kappa shape index (κ3) is 3.32. The molecule has 2 aromatic rings. The van der Waals surface area contributed by atoms with Crippen LogP contribution in [-0.2, 0) is 0 Å². The van der Waals surface area contributed by atoms with Gasteiger partial charge in [-0.1, -0.05) is 19.1 Å². The molecule has 1 unspecified atom stereocenters. The molecule has 0 spiro atoms. The molecule has 104 valence electrons. The Kier molecular flexibility index (Phi) is 4.30. The summed E-state index contributed by atoms with van der Waals surface area (Å²) in [6.07, 6.45) is 0.778. The highest BCUT2D eigenvalue weighted by molar-refractivity contribution is 5.50. The van der Waals surface area contributed by atoms with E-state index < -0.39 is 4.92 Å². The summed E-state index contributed by atoms with van der Waals surface area (Å²) in [4.78, 5) is 10.2. The van der Waals surface area contributed by atoms with Crippen LogP contribution in [0.5, 0.6) is 0 Å². The van der Waals surface area contributed by atoms with Crippen LogP contribution in [0, 0.1) is 15.9 Å². The first-order valence-electron chi connectivity index (χ1n) is 6.36. The predicted molar refractivity (Wildman–Crippen MR) is 76.2 cm³/mol. The van der Waals surface area contributed by atoms with Crippen molar-refractivity contribution in [2.24, 2.45) is 0 Å². The van der Waals surface area contributed by atoms with E-state index >= 15 is 0 Å². The Morgan fingerprint density at radius 3 is 2.50 bits per heavy atom. The van der Waals surface area contributed by atoms with Gasteiger partial charge in [0.05, 0.1) is 11.0 Å². The van der Waals surface area contributed by atoms with Gasteiger partial charge in [-0.3, -0.25) is 10.1 Å². The highest BCUT2D eigenvalue weighted by atomic mass is 19.1. The van der Waals surface area contributed by atoms with E-state index in [0.29, 0.717) is 0 Å². The number of nitro groups is 1. The van der Waals surface area contributed by atoms with Gasteiger partial charge in [-0.05, 0) is 36.2 Å². The molecule has 0 fully saturated rings. The highest BCUT2D eigenvalue weighted by Crippen LogP contribution is 2.24. The van der Waals surface area contributed by atoms with Gasteiger partial charge in [-0.2, -0.15) is 0 Å². The molecule has 1 atom stereocenters. The summed E-state index contributed by atoms with van der Waals surface area (Å²) in [6, 6.07) is 12.6. The summed E-state index contributed by atoms with van der Waals surface area (Å²) >= 11 is 0. The van der Waals surface area contributed by atoms with Crippen LogP contribution >= 0.6 is 0 Å². The standard InChI is InChI=1S/C15H15FN2O2/c1-2-15(11-4-3-5-12(16)10-11)17-13-6-8-14(9-7-13)18(19)20/h3-10,15,17H,2H2,1H3. The van der Waals surface area contributed by atoms with Gasteiger partial charge >= 0.3 is 0 Å². The molecule has 0 amide bonds. The summed E-state index contributed by atoms with van der Waals surface area (Å²) in [5.74, 6) is -0.272. The fraction of sp³-hybridized carbons (Fsp3) is 0.200. The molecule has 0 aliphatic carbocycles. The van der Waals surface area contributed by atoms with Gasteiger partial charge in [0.25, 0.3) is 5.69 Å². The predicted octanol–water partition coefficient (Wildman–Crippen LogP) is 4.30. The Labute approximate surface area is 116 Å². The first-order valence-corrected chi connectivity index (χ1v) is 6.36. The van der Waals surface area contributed by atoms with Gasteiger partial charge in [0, 0.05) is 17.8 Å². The molecule has 1 N–H and O–H groups in total. The molecule has 0 heterocycles. The smallest absolute Gasteiger partial charge is 0.269 e. The van der Waals surface area contributed by atoms with Crippen molar-refractivity contribution in [2.45, 2.75) is 19.4 Å². The molecule has 0 bridgehead atoms. The Hall–Kier alpha value is -2.43. The van der Waals surface area contributed by atoms with E-state index in [2.05, 4.69) is 5.32 Å². The molecule has 4 nitrogen and oxygen atoms in total. The van der Waals surface area contributed by atoms with Crippen molar-refractivity contribution in [3.05, 3.63) is 70.0 Å². The maximum atomic E-state index is 13.2. The van der Waals surface area contributed by atoms with Crippen molar-refractivity contribution in [3.63, 3.8) is 0 Å². The lowest BCUT2D eigenvalue weighted by molar-refractivity contribution is -0.384. The zero-order chi connectivity index (χ0) is 14.5. The molecule has 0 aliphatic rings. The number of hydrogen-bond acceptors (Lipinski definition) is 3. The maximum Gasteiger partial charge on any atom is 0.269 e. The van der Waals surface area contributed by atoms with E-state index in [-0.39, 0.29) is 17.5 Å². The van der Waals surface area contributed by atoms with E-state index in [0.717, 1.165) is 17.7 Å². The first-order chi connectivity index (χ1) is 9.60. The maximum absolute atomic E-state index is 13.2. The van der Waals surface area contributed by atoms with E-state index in [1.54, 1.807) is 18.2 Å². The quantitative estimate of drug-likeness (QED) is 0.653. The van der Waals surface area contributed by atoms with Crippen molar-refractivity contribution >= 4 is 11.4 Å². The zero-order valence-corrected chi connectivity index (χ0v) is 11.0. The topological polar surface area (TPSA) is 55.2 Å². The lowest BCUT2D eigenvalue weighted by atomic mass is 10.0. The number of nitrogens with zero attached hydrogens (tertiary/aromatic N) is 1. The van der Waals surface area contributed by atoms with Crippen molar-refractivity contribution in [1.82, 2.24) is 0 Å². The summed E-state index contributed by atoms with van der Waals surface area (Å²) in [5.41, 5.74) is 1.67.